The maximum atomic E-state index is 9.71. The average molecular weight is 270 g/mol. The fourth-order valence-corrected chi connectivity index (χ4v) is 1.22. The molecule has 0 aliphatic carbocycles. The Morgan fingerprint density at radius 3 is 1.42 bits per heavy atom. The van der Waals surface area contributed by atoms with Crippen LogP contribution in [-0.4, -0.2) is 75.5 Å². The van der Waals surface area contributed by atoms with Crippen LogP contribution >= 0.6 is 15.6 Å². The van der Waals surface area contributed by atoms with Gasteiger partial charge in [0.05, 0.1) is 7.82 Å². The van der Waals surface area contributed by atoms with Gasteiger partial charge in [0.25, 0.3) is 7.82 Å². The molecule has 1 unspecified atom stereocenters. The maximum Gasteiger partial charge on any atom is 2.00 e. The molecule has 12 heavy (non-hydrogen) atoms. The second-order valence-corrected chi connectivity index (χ2v) is 3.64. The van der Waals surface area contributed by atoms with E-state index < -0.39 is 15.6 Å². The third-order valence-electron chi connectivity index (χ3n) is 0.291. The zero-order valence-electron chi connectivity index (χ0n) is 5.57. The van der Waals surface area contributed by atoms with Gasteiger partial charge in [-0.2, -0.15) is 0 Å². The summed E-state index contributed by atoms with van der Waals surface area (Å²) in [6.07, 6.45) is 0. The van der Waals surface area contributed by atoms with Crippen molar-refractivity contribution in [2.75, 3.05) is 0 Å². The van der Waals surface area contributed by atoms with Crippen LogP contribution in [0.25, 0.3) is 0 Å². The zero-order valence-corrected chi connectivity index (χ0v) is 11.8. The summed E-state index contributed by atoms with van der Waals surface area (Å²) in [5.74, 6) is 0. The zero-order chi connectivity index (χ0) is 8.41. The van der Waals surface area contributed by atoms with Gasteiger partial charge in [-0.3, -0.25) is 8.88 Å². The van der Waals surface area contributed by atoms with Gasteiger partial charge in [-0.05, 0) is 0 Å². The standard InChI is InChI=1S/2Ca.H4O8P2/c;;1-7-10(5,6)8-9(2,3)4/h;;1H,(H,5,6)(H2,2,3,4)/q2*+2;/p-4. The van der Waals surface area contributed by atoms with Gasteiger partial charge in [-0.15, -0.1) is 0 Å². The van der Waals surface area contributed by atoms with Crippen molar-refractivity contribution in [2.45, 2.75) is 0 Å². The van der Waals surface area contributed by atoms with Crippen LogP contribution in [0.15, 0.2) is 0 Å². The van der Waals surface area contributed by atoms with E-state index in [1.165, 1.54) is 0 Å². The second-order valence-electron chi connectivity index (χ2n) is 1.05. The molecule has 12 heteroatoms. The quantitative estimate of drug-likeness (QED) is 0.217. The Balaban J connectivity index is -0.000000405. The van der Waals surface area contributed by atoms with E-state index in [4.69, 9.17) is 5.26 Å². The molecule has 0 saturated heterocycles. The van der Waals surface area contributed by atoms with Crippen molar-refractivity contribution in [3.05, 3.63) is 0 Å². The van der Waals surface area contributed by atoms with Gasteiger partial charge in [0, 0.05) is 0 Å². The first-order valence-corrected chi connectivity index (χ1v) is 4.55. The minimum Gasteiger partial charge on any atom is -0.790 e. The monoisotopic (exact) mass is 270 g/mol. The summed E-state index contributed by atoms with van der Waals surface area (Å²) in [7, 11) is -11.2. The molecule has 0 aromatic carbocycles. The van der Waals surface area contributed by atoms with E-state index in [9.17, 15) is 23.8 Å². The van der Waals surface area contributed by atoms with Gasteiger partial charge in [-0.1, -0.05) is 0 Å². The molecule has 0 radical (unpaired) electrons. The predicted molar refractivity (Wildman–Crippen MR) is 28.9 cm³/mol. The average Bonchev–Trinajstić information content (AvgIpc) is 1.60. The number of hydrogen-bond donors (Lipinski definition) is 0. The summed E-state index contributed by atoms with van der Waals surface area (Å²) in [5.41, 5.74) is 0. The van der Waals surface area contributed by atoms with Crippen LogP contribution < -0.4 is 19.9 Å². The van der Waals surface area contributed by atoms with Crippen molar-refractivity contribution in [1.82, 2.24) is 0 Å². The van der Waals surface area contributed by atoms with Crippen molar-refractivity contribution < 1.29 is 38.1 Å². The molecule has 0 saturated carbocycles. The van der Waals surface area contributed by atoms with Crippen LogP contribution in [0.5, 0.6) is 0 Å². The van der Waals surface area contributed by atoms with Crippen LogP contribution in [0.4, 0.5) is 0 Å². The summed E-state index contributed by atoms with van der Waals surface area (Å²) < 4.78 is 24.1. The van der Waals surface area contributed by atoms with Crippen molar-refractivity contribution in [3.8, 4) is 0 Å². The van der Waals surface area contributed by atoms with Crippen LogP contribution in [0.1, 0.15) is 0 Å². The molecule has 0 aromatic rings. The van der Waals surface area contributed by atoms with Crippen molar-refractivity contribution >= 4 is 91.1 Å². The summed E-state index contributed by atoms with van der Waals surface area (Å²) in [6, 6.07) is 0. The third kappa shape index (κ3) is 12.7. The number of rotatable bonds is 3. The van der Waals surface area contributed by atoms with E-state index in [2.05, 4.69) is 8.99 Å². The Bertz CT molecular complexity index is 193. The van der Waals surface area contributed by atoms with E-state index in [0.717, 1.165) is 0 Å². The van der Waals surface area contributed by atoms with Gasteiger partial charge in [0.15, 0.2) is 0 Å². The van der Waals surface area contributed by atoms with E-state index in [1.807, 2.05) is 0 Å². The molecule has 62 valence electrons. The first kappa shape index (κ1) is 20.2. The Hall–Kier alpha value is 2.74. The Morgan fingerprint density at radius 1 is 1.00 bits per heavy atom. The van der Waals surface area contributed by atoms with Crippen molar-refractivity contribution in [2.24, 2.45) is 0 Å². The molecule has 0 N–H and O–H groups in total. The number of hydrogen-bond acceptors (Lipinski definition) is 8. The second kappa shape index (κ2) is 7.96. The summed E-state index contributed by atoms with van der Waals surface area (Å²) in [5, 5.41) is 9.03. The summed E-state index contributed by atoms with van der Waals surface area (Å²) >= 11 is 0. The molecule has 0 bridgehead atoms. The normalized spacial score (nSPS) is 15.3. The molecule has 0 amide bonds. The molecule has 0 heterocycles. The van der Waals surface area contributed by atoms with Gasteiger partial charge in [0.2, 0.25) is 0 Å². The van der Waals surface area contributed by atoms with Crippen LogP contribution in [-0.2, 0) is 18.1 Å². The molecule has 0 aromatic heterocycles. The fourth-order valence-electron chi connectivity index (χ4n) is 0.136. The molecule has 0 aliphatic rings. The topological polar surface area (TPSA) is 145 Å². The smallest absolute Gasteiger partial charge is 0.790 e. The Kier molecular flexibility index (Phi) is 13.4. The van der Waals surface area contributed by atoms with Gasteiger partial charge in [0.1, 0.15) is 0 Å². The van der Waals surface area contributed by atoms with Crippen LogP contribution in [0.2, 0.25) is 0 Å². The predicted octanol–water partition coefficient (Wildman–Crippen LogP) is -4.17. The fraction of sp³-hybridized carbons (Fsp3) is 0. The van der Waals surface area contributed by atoms with E-state index in [-0.39, 0.29) is 75.5 Å². The SMILES string of the molecule is O=P([O-])([O-])OP(=O)([O-])O[O-].[Ca+2].[Ca+2]. The number of phosphoric acid groups is 2. The molecule has 8 nitrogen and oxygen atoms in total. The minimum atomic E-state index is -5.70. The molecule has 0 rings (SSSR count). The largest absolute Gasteiger partial charge is 2.00 e. The van der Waals surface area contributed by atoms with Gasteiger partial charge < -0.3 is 29.2 Å². The first-order chi connectivity index (χ1) is 4.27. The van der Waals surface area contributed by atoms with Crippen LogP contribution in [0.3, 0.4) is 0 Å². The summed E-state index contributed by atoms with van der Waals surface area (Å²) in [6.45, 7) is 0. The van der Waals surface area contributed by atoms with E-state index in [0.29, 0.717) is 0 Å². The van der Waals surface area contributed by atoms with Gasteiger partial charge >= 0.3 is 75.5 Å². The molecular formula is Ca2O8P2. The summed E-state index contributed by atoms with van der Waals surface area (Å²) in [4.78, 5) is 28.6. The van der Waals surface area contributed by atoms with Crippen molar-refractivity contribution in [3.63, 3.8) is 0 Å². The van der Waals surface area contributed by atoms with Crippen LogP contribution in [0, 0.1) is 0 Å². The van der Waals surface area contributed by atoms with E-state index >= 15 is 0 Å². The Morgan fingerprint density at radius 2 is 1.33 bits per heavy atom. The molecule has 1 atom stereocenters. The van der Waals surface area contributed by atoms with Gasteiger partial charge in [-0.25, -0.2) is 0 Å². The van der Waals surface area contributed by atoms with E-state index in [1.54, 1.807) is 0 Å². The van der Waals surface area contributed by atoms with Crippen molar-refractivity contribution in [1.29, 1.82) is 0 Å². The minimum absolute atomic E-state index is 0. The molecular weight excluding hydrogens is 270 g/mol. The molecule has 0 aliphatic heterocycles. The first-order valence-electron chi connectivity index (χ1n) is 1.63. The Labute approximate surface area is 127 Å². The third-order valence-corrected chi connectivity index (χ3v) is 2.07. The molecule has 0 spiro atoms. The molecule has 0 fully saturated rings. The maximum absolute atomic E-state index is 9.71.